The number of nitrogens with zero attached hydrogens (tertiary/aromatic N) is 2. The van der Waals surface area contributed by atoms with Gasteiger partial charge in [0.25, 0.3) is 0 Å². The molecule has 0 atom stereocenters. The Morgan fingerprint density at radius 3 is 2.50 bits per heavy atom. The van der Waals surface area contributed by atoms with Crippen molar-refractivity contribution in [3.63, 3.8) is 0 Å². The van der Waals surface area contributed by atoms with Crippen LogP contribution in [0.1, 0.15) is 12.8 Å². The molecule has 1 aliphatic heterocycles. The van der Waals surface area contributed by atoms with Crippen molar-refractivity contribution >= 4 is 11.7 Å². The lowest BCUT2D eigenvalue weighted by Gasteiger charge is -2.31. The number of nitrogens with one attached hydrogen (secondary N) is 1. The Labute approximate surface area is 187 Å². The molecule has 1 aromatic heterocycles. The predicted octanol–water partition coefficient (Wildman–Crippen LogP) is 5.52. The van der Waals surface area contributed by atoms with Crippen molar-refractivity contribution < 1.29 is 13.9 Å². The molecule has 0 saturated carbocycles. The summed E-state index contributed by atoms with van der Waals surface area (Å²) in [5.41, 5.74) is 1.56. The third-order valence-electron chi connectivity index (χ3n) is 5.66. The summed E-state index contributed by atoms with van der Waals surface area (Å²) in [6, 6.07) is 18.6. The number of pyridine rings is 1. The minimum atomic E-state index is -0.383. The van der Waals surface area contributed by atoms with Gasteiger partial charge in [0.05, 0.1) is 6.20 Å². The maximum Gasteiger partial charge on any atom is 0.245 e. The van der Waals surface area contributed by atoms with Crippen LogP contribution >= 0.6 is 0 Å². The Balaban J connectivity index is 1.42. The van der Waals surface area contributed by atoms with Crippen LogP contribution in [0.25, 0.3) is 11.1 Å². The van der Waals surface area contributed by atoms with Crippen LogP contribution in [0.3, 0.4) is 0 Å². The number of ether oxygens (including phenoxy) is 1. The molecule has 0 radical (unpaired) electrons. The van der Waals surface area contributed by atoms with Crippen molar-refractivity contribution in [1.82, 2.24) is 9.88 Å². The van der Waals surface area contributed by atoms with Gasteiger partial charge in [-0.3, -0.25) is 4.79 Å². The van der Waals surface area contributed by atoms with Crippen LogP contribution in [0.15, 0.2) is 79.5 Å². The highest BCUT2D eigenvalue weighted by Crippen LogP contribution is 2.30. The van der Waals surface area contributed by atoms with Gasteiger partial charge in [0.2, 0.25) is 5.91 Å². The topological polar surface area (TPSA) is 54.5 Å². The molecule has 1 fully saturated rings. The Morgan fingerprint density at radius 1 is 1.12 bits per heavy atom. The average Bonchev–Trinajstić information content (AvgIpc) is 2.84. The van der Waals surface area contributed by atoms with Gasteiger partial charge in [0.15, 0.2) is 0 Å². The van der Waals surface area contributed by atoms with Gasteiger partial charge in [-0.25, -0.2) is 9.37 Å². The van der Waals surface area contributed by atoms with Crippen molar-refractivity contribution in [2.75, 3.05) is 25.0 Å². The van der Waals surface area contributed by atoms with Crippen LogP contribution in [-0.2, 0) is 4.79 Å². The number of likely N-dealkylation sites (tertiary alicyclic amines) is 1. The molecular weight excluding hydrogens is 405 g/mol. The van der Waals surface area contributed by atoms with Crippen molar-refractivity contribution in [3.05, 3.63) is 85.3 Å². The van der Waals surface area contributed by atoms with E-state index >= 15 is 0 Å². The number of hydrogen-bond acceptors (Lipinski definition) is 4. The van der Waals surface area contributed by atoms with Gasteiger partial charge in [0.1, 0.15) is 23.1 Å². The summed E-state index contributed by atoms with van der Waals surface area (Å²) in [6.07, 6.45) is 4.41. The highest BCUT2D eigenvalue weighted by molar-refractivity contribution is 5.87. The summed E-state index contributed by atoms with van der Waals surface area (Å²) in [6.45, 7) is 5.72. The van der Waals surface area contributed by atoms with Crippen LogP contribution in [0.4, 0.5) is 10.2 Å². The van der Waals surface area contributed by atoms with E-state index in [1.165, 1.54) is 18.3 Å². The number of para-hydroxylation sites is 1. The first-order valence-electron chi connectivity index (χ1n) is 10.8. The molecular formula is C26H26FN3O2. The van der Waals surface area contributed by atoms with Crippen molar-refractivity contribution in [2.45, 2.75) is 12.8 Å². The van der Waals surface area contributed by atoms with E-state index in [1.54, 1.807) is 0 Å². The molecule has 2 aromatic carbocycles. The first-order chi connectivity index (χ1) is 15.6. The highest BCUT2D eigenvalue weighted by atomic mass is 19.1. The van der Waals surface area contributed by atoms with Crippen LogP contribution in [0.2, 0.25) is 0 Å². The maximum atomic E-state index is 14.0. The van der Waals surface area contributed by atoms with Gasteiger partial charge in [-0.15, -0.1) is 0 Å². The summed E-state index contributed by atoms with van der Waals surface area (Å²) in [5.74, 6) is 2.14. The number of benzene rings is 2. The molecule has 1 saturated heterocycles. The number of anilines is 1. The zero-order valence-corrected chi connectivity index (χ0v) is 17.8. The van der Waals surface area contributed by atoms with E-state index in [0.29, 0.717) is 23.0 Å². The van der Waals surface area contributed by atoms with E-state index in [1.807, 2.05) is 59.5 Å². The number of carbonyl (C=O) groups is 1. The minimum Gasteiger partial charge on any atom is -0.457 e. The van der Waals surface area contributed by atoms with Crippen LogP contribution in [0, 0.1) is 11.7 Å². The monoisotopic (exact) mass is 431 g/mol. The van der Waals surface area contributed by atoms with E-state index < -0.39 is 0 Å². The smallest absolute Gasteiger partial charge is 0.245 e. The number of halogens is 1. The lowest BCUT2D eigenvalue weighted by atomic mass is 9.96. The van der Waals surface area contributed by atoms with Gasteiger partial charge in [-0.1, -0.05) is 36.9 Å². The van der Waals surface area contributed by atoms with Gasteiger partial charge >= 0.3 is 0 Å². The molecule has 5 nitrogen and oxygen atoms in total. The van der Waals surface area contributed by atoms with Crippen molar-refractivity contribution in [1.29, 1.82) is 0 Å². The van der Waals surface area contributed by atoms with Crippen LogP contribution in [-0.4, -0.2) is 35.4 Å². The zero-order valence-electron chi connectivity index (χ0n) is 17.8. The van der Waals surface area contributed by atoms with Crippen molar-refractivity contribution in [2.24, 2.45) is 5.92 Å². The second-order valence-corrected chi connectivity index (χ2v) is 7.84. The lowest BCUT2D eigenvalue weighted by Crippen LogP contribution is -2.39. The summed E-state index contributed by atoms with van der Waals surface area (Å²) in [4.78, 5) is 17.9. The molecule has 164 valence electrons. The fourth-order valence-corrected chi connectivity index (χ4v) is 3.85. The van der Waals surface area contributed by atoms with E-state index in [4.69, 9.17) is 4.74 Å². The second kappa shape index (κ2) is 10.1. The lowest BCUT2D eigenvalue weighted by molar-refractivity contribution is -0.127. The molecule has 6 heteroatoms. The van der Waals surface area contributed by atoms with Crippen molar-refractivity contribution in [3.8, 4) is 22.6 Å². The molecule has 1 aliphatic rings. The molecule has 1 N–H and O–H groups in total. The zero-order chi connectivity index (χ0) is 22.3. The Morgan fingerprint density at radius 2 is 1.81 bits per heavy atom. The first kappa shape index (κ1) is 21.6. The van der Waals surface area contributed by atoms with Crippen LogP contribution < -0.4 is 10.1 Å². The maximum absolute atomic E-state index is 14.0. The molecule has 32 heavy (non-hydrogen) atoms. The largest absolute Gasteiger partial charge is 0.457 e. The summed E-state index contributed by atoms with van der Waals surface area (Å²) >= 11 is 0. The van der Waals surface area contributed by atoms with E-state index in [2.05, 4.69) is 16.9 Å². The standard InChI is InChI=1S/C26H26FN3O2/c1-2-25(31)30-14-12-19(13-15-30)17-28-26-24(16-21(27)18-29-26)20-8-10-23(11-9-20)32-22-6-4-3-5-7-22/h2-11,16,18-19H,1,12-15,17H2,(H,28,29). The third kappa shape index (κ3) is 5.32. The molecule has 0 spiro atoms. The molecule has 4 rings (SSSR count). The Hall–Kier alpha value is -3.67. The van der Waals surface area contributed by atoms with Gasteiger partial charge in [-0.05, 0) is 60.7 Å². The van der Waals surface area contributed by atoms with E-state index in [0.717, 1.165) is 43.8 Å². The predicted molar refractivity (Wildman–Crippen MR) is 124 cm³/mol. The summed E-state index contributed by atoms with van der Waals surface area (Å²) in [7, 11) is 0. The number of rotatable bonds is 7. The molecule has 0 unspecified atom stereocenters. The Kier molecular flexibility index (Phi) is 6.80. The van der Waals surface area contributed by atoms with Crippen LogP contribution in [0.5, 0.6) is 11.5 Å². The van der Waals surface area contributed by atoms with Gasteiger partial charge < -0.3 is 15.0 Å². The fraction of sp³-hybridized carbons (Fsp3) is 0.231. The number of amides is 1. The molecule has 1 amide bonds. The summed E-state index contributed by atoms with van der Waals surface area (Å²) < 4.78 is 19.8. The molecule has 2 heterocycles. The fourth-order valence-electron chi connectivity index (χ4n) is 3.85. The molecule has 0 bridgehead atoms. The SMILES string of the molecule is C=CC(=O)N1CCC(CNc2ncc(F)cc2-c2ccc(Oc3ccccc3)cc2)CC1. The molecule has 3 aromatic rings. The number of piperidine rings is 1. The third-order valence-corrected chi connectivity index (χ3v) is 5.66. The Bertz CT molecular complexity index is 1060. The first-order valence-corrected chi connectivity index (χ1v) is 10.8. The molecule has 0 aliphatic carbocycles. The second-order valence-electron chi connectivity index (χ2n) is 7.84. The number of aromatic nitrogens is 1. The number of carbonyl (C=O) groups excluding carboxylic acids is 1. The van der Waals surface area contributed by atoms with Gasteiger partial charge in [0, 0.05) is 25.2 Å². The average molecular weight is 432 g/mol. The quantitative estimate of drug-likeness (QED) is 0.501. The summed E-state index contributed by atoms with van der Waals surface area (Å²) in [5, 5.41) is 3.39. The number of hydrogen-bond donors (Lipinski definition) is 1. The highest BCUT2D eigenvalue weighted by Gasteiger charge is 2.21. The van der Waals surface area contributed by atoms with Gasteiger partial charge in [-0.2, -0.15) is 0 Å². The van der Waals surface area contributed by atoms with E-state index in [9.17, 15) is 9.18 Å². The normalized spacial score (nSPS) is 14.1. The minimum absolute atomic E-state index is 0.0152. The van der Waals surface area contributed by atoms with E-state index in [-0.39, 0.29) is 11.7 Å².